The van der Waals surface area contributed by atoms with Gasteiger partial charge in [-0.05, 0) is 24.1 Å². The molecule has 0 bridgehead atoms. The molecule has 2 unspecified atom stereocenters. The van der Waals surface area contributed by atoms with Crippen molar-refractivity contribution in [2.24, 2.45) is 0 Å². The molecule has 2 N–H and O–H groups in total. The third-order valence-corrected chi connectivity index (χ3v) is 3.84. The largest absolute Gasteiger partial charge is 0.396 e. The molecule has 0 aromatic heterocycles. The molecule has 120 valence electrons. The summed E-state index contributed by atoms with van der Waals surface area (Å²) in [4.78, 5) is 25.7. The van der Waals surface area contributed by atoms with Gasteiger partial charge in [0.15, 0.2) is 6.10 Å². The smallest absolute Gasteiger partial charge is 0.251 e. The Balaban J connectivity index is 2.20. The average molecular weight is 327 g/mol. The molecule has 1 aromatic rings. The highest BCUT2D eigenvalue weighted by molar-refractivity contribution is 6.30. The summed E-state index contributed by atoms with van der Waals surface area (Å²) in [6.45, 7) is 0.240. The van der Waals surface area contributed by atoms with Crippen molar-refractivity contribution in [1.82, 2.24) is 10.2 Å². The van der Waals surface area contributed by atoms with E-state index in [0.717, 1.165) is 5.56 Å². The number of benzene rings is 1. The number of nitrogens with one attached hydrogen (secondary N) is 1. The predicted octanol–water partition coefficient (Wildman–Crippen LogP) is 0.737. The van der Waals surface area contributed by atoms with Gasteiger partial charge in [0.25, 0.3) is 5.91 Å². The molecule has 0 radical (unpaired) electrons. The molecule has 1 fully saturated rings. The number of halogens is 1. The van der Waals surface area contributed by atoms with Gasteiger partial charge in [-0.25, -0.2) is 0 Å². The first-order valence-corrected chi connectivity index (χ1v) is 7.43. The van der Waals surface area contributed by atoms with Crippen LogP contribution in [-0.2, 0) is 14.3 Å². The first-order valence-electron chi connectivity index (χ1n) is 7.06. The SMILES string of the molecule is CN1C(=O)COC(C(=O)NCCCO)C1c1ccc(Cl)cc1. The Morgan fingerprint density at radius 1 is 1.45 bits per heavy atom. The molecule has 6 nitrogen and oxygen atoms in total. The number of amides is 2. The number of hydrogen-bond donors (Lipinski definition) is 2. The lowest BCUT2D eigenvalue weighted by Crippen LogP contribution is -2.53. The van der Waals surface area contributed by atoms with Gasteiger partial charge in [-0.1, -0.05) is 23.7 Å². The fourth-order valence-corrected chi connectivity index (χ4v) is 2.51. The molecule has 0 spiro atoms. The molecular formula is C15H19ClN2O4. The van der Waals surface area contributed by atoms with Crippen LogP contribution in [0.15, 0.2) is 24.3 Å². The number of nitrogens with zero attached hydrogens (tertiary/aromatic N) is 1. The highest BCUT2D eigenvalue weighted by atomic mass is 35.5. The quantitative estimate of drug-likeness (QED) is 0.782. The monoisotopic (exact) mass is 326 g/mol. The summed E-state index contributed by atoms with van der Waals surface area (Å²) in [5.74, 6) is -0.480. The van der Waals surface area contributed by atoms with Gasteiger partial charge in [0.05, 0.1) is 6.04 Å². The number of carbonyl (C=O) groups excluding carboxylic acids is 2. The minimum atomic E-state index is -0.789. The summed E-state index contributed by atoms with van der Waals surface area (Å²) in [6.07, 6.45) is -0.318. The van der Waals surface area contributed by atoms with Crippen LogP contribution in [0, 0.1) is 0 Å². The molecule has 1 aliphatic heterocycles. The van der Waals surface area contributed by atoms with Crippen LogP contribution in [0.4, 0.5) is 0 Å². The van der Waals surface area contributed by atoms with Crippen LogP contribution in [-0.4, -0.2) is 54.7 Å². The van der Waals surface area contributed by atoms with Crippen LogP contribution in [0.1, 0.15) is 18.0 Å². The lowest BCUT2D eigenvalue weighted by molar-refractivity contribution is -0.162. The fourth-order valence-electron chi connectivity index (χ4n) is 2.38. The molecule has 1 aromatic carbocycles. The summed E-state index contributed by atoms with van der Waals surface area (Å²) in [7, 11) is 1.65. The van der Waals surface area contributed by atoms with Gasteiger partial charge in [0, 0.05) is 25.2 Å². The topological polar surface area (TPSA) is 78.9 Å². The summed E-state index contributed by atoms with van der Waals surface area (Å²) < 4.78 is 5.45. The molecule has 7 heteroatoms. The fraction of sp³-hybridized carbons (Fsp3) is 0.467. The van der Waals surface area contributed by atoms with E-state index in [1.165, 1.54) is 4.90 Å². The maximum atomic E-state index is 12.3. The van der Waals surface area contributed by atoms with Gasteiger partial charge in [-0.3, -0.25) is 9.59 Å². The number of aliphatic hydroxyl groups excluding tert-OH is 1. The van der Waals surface area contributed by atoms with E-state index in [1.807, 2.05) is 0 Å². The number of ether oxygens (including phenoxy) is 1. The summed E-state index contributed by atoms with van der Waals surface area (Å²) >= 11 is 5.88. The van der Waals surface area contributed by atoms with E-state index in [9.17, 15) is 9.59 Å². The number of rotatable bonds is 5. The van der Waals surface area contributed by atoms with Gasteiger partial charge >= 0.3 is 0 Å². The second kappa shape index (κ2) is 7.58. The zero-order valence-electron chi connectivity index (χ0n) is 12.3. The van der Waals surface area contributed by atoms with Crippen molar-refractivity contribution in [2.75, 3.05) is 26.8 Å². The summed E-state index contributed by atoms with van der Waals surface area (Å²) in [5.41, 5.74) is 0.780. The van der Waals surface area contributed by atoms with Crippen molar-refractivity contribution in [3.63, 3.8) is 0 Å². The number of aliphatic hydroxyl groups is 1. The number of carbonyl (C=O) groups is 2. The Morgan fingerprint density at radius 3 is 2.77 bits per heavy atom. The summed E-state index contributed by atoms with van der Waals surface area (Å²) in [6, 6.07) is 6.47. The van der Waals surface area contributed by atoms with Crippen LogP contribution >= 0.6 is 11.6 Å². The standard InChI is InChI=1S/C15H19ClN2O4/c1-18-12(20)9-22-14(15(21)17-7-2-8-19)13(18)10-3-5-11(16)6-4-10/h3-6,13-14,19H,2,7-9H2,1H3,(H,17,21). The Hall–Kier alpha value is -1.63. The third-order valence-electron chi connectivity index (χ3n) is 3.59. The van der Waals surface area contributed by atoms with E-state index in [4.69, 9.17) is 21.4 Å². The highest BCUT2D eigenvalue weighted by Crippen LogP contribution is 2.29. The maximum Gasteiger partial charge on any atom is 0.251 e. The highest BCUT2D eigenvalue weighted by Gasteiger charge is 2.39. The van der Waals surface area contributed by atoms with Crippen molar-refractivity contribution in [1.29, 1.82) is 0 Å². The second-order valence-electron chi connectivity index (χ2n) is 5.10. The zero-order valence-corrected chi connectivity index (χ0v) is 13.0. The number of morpholine rings is 1. The van der Waals surface area contributed by atoms with Gasteiger partial charge in [-0.2, -0.15) is 0 Å². The van der Waals surface area contributed by atoms with E-state index in [2.05, 4.69) is 5.32 Å². The van der Waals surface area contributed by atoms with Crippen LogP contribution in [0.2, 0.25) is 5.02 Å². The van der Waals surface area contributed by atoms with E-state index in [0.29, 0.717) is 18.0 Å². The first kappa shape index (κ1) is 16.7. The van der Waals surface area contributed by atoms with Crippen LogP contribution in [0.3, 0.4) is 0 Å². The van der Waals surface area contributed by atoms with Crippen molar-refractivity contribution < 1.29 is 19.4 Å². The normalized spacial score (nSPS) is 21.8. The minimum absolute atomic E-state index is 0.00477. The van der Waals surface area contributed by atoms with E-state index >= 15 is 0 Å². The van der Waals surface area contributed by atoms with Crippen molar-refractivity contribution in [3.8, 4) is 0 Å². The van der Waals surface area contributed by atoms with E-state index in [-0.39, 0.29) is 25.0 Å². The number of likely N-dealkylation sites (N-methyl/N-ethyl adjacent to an activating group) is 1. The molecular weight excluding hydrogens is 308 g/mol. The predicted molar refractivity (Wildman–Crippen MR) is 81.4 cm³/mol. The maximum absolute atomic E-state index is 12.3. The van der Waals surface area contributed by atoms with Crippen molar-refractivity contribution in [3.05, 3.63) is 34.9 Å². The lowest BCUT2D eigenvalue weighted by Gasteiger charge is -2.38. The lowest BCUT2D eigenvalue weighted by atomic mass is 9.97. The molecule has 2 amide bonds. The first-order chi connectivity index (χ1) is 10.5. The molecule has 0 saturated carbocycles. The van der Waals surface area contributed by atoms with Crippen molar-refractivity contribution in [2.45, 2.75) is 18.6 Å². The zero-order chi connectivity index (χ0) is 16.1. The van der Waals surface area contributed by atoms with Crippen LogP contribution in [0.25, 0.3) is 0 Å². The average Bonchev–Trinajstić information content (AvgIpc) is 2.51. The van der Waals surface area contributed by atoms with Gasteiger partial charge in [0.1, 0.15) is 6.61 Å². The van der Waals surface area contributed by atoms with Gasteiger partial charge in [0.2, 0.25) is 5.91 Å². The van der Waals surface area contributed by atoms with E-state index < -0.39 is 12.1 Å². The van der Waals surface area contributed by atoms with Crippen LogP contribution in [0.5, 0.6) is 0 Å². The molecule has 1 aliphatic rings. The Labute approximate surface area is 134 Å². The third kappa shape index (κ3) is 3.76. The van der Waals surface area contributed by atoms with Gasteiger partial charge in [-0.15, -0.1) is 0 Å². The number of hydrogen-bond acceptors (Lipinski definition) is 4. The molecule has 22 heavy (non-hydrogen) atoms. The Morgan fingerprint density at radius 2 is 2.14 bits per heavy atom. The van der Waals surface area contributed by atoms with Crippen LogP contribution < -0.4 is 5.32 Å². The molecule has 2 rings (SSSR count). The van der Waals surface area contributed by atoms with Crippen molar-refractivity contribution >= 4 is 23.4 Å². The Bertz CT molecular complexity index is 535. The molecule has 1 heterocycles. The second-order valence-corrected chi connectivity index (χ2v) is 5.54. The van der Waals surface area contributed by atoms with Gasteiger partial charge < -0.3 is 20.1 Å². The molecule has 2 atom stereocenters. The Kier molecular flexibility index (Phi) is 5.76. The summed E-state index contributed by atoms with van der Waals surface area (Å²) in [5, 5.41) is 12.1. The molecule has 0 aliphatic carbocycles. The molecule has 1 saturated heterocycles. The van der Waals surface area contributed by atoms with E-state index in [1.54, 1.807) is 31.3 Å². The minimum Gasteiger partial charge on any atom is -0.396 e.